The Bertz CT molecular complexity index is 2140. The molecule has 1 aliphatic rings. The molecule has 49 heavy (non-hydrogen) atoms. The van der Waals surface area contributed by atoms with E-state index < -0.39 is 40.0 Å². The summed E-state index contributed by atoms with van der Waals surface area (Å²) in [5, 5.41) is 9.25. The van der Waals surface area contributed by atoms with Crippen molar-refractivity contribution in [2.45, 2.75) is 17.8 Å². The third kappa shape index (κ3) is 5.16. The van der Waals surface area contributed by atoms with Crippen molar-refractivity contribution in [2.24, 2.45) is 0 Å². The molecule has 0 unspecified atom stereocenters. The van der Waals surface area contributed by atoms with Crippen LogP contribution in [-0.4, -0.2) is 17.8 Å². The quantitative estimate of drug-likeness (QED) is 0.126. The Morgan fingerprint density at radius 2 is 0.959 bits per heavy atom. The first-order chi connectivity index (χ1) is 23.5. The molecule has 2 nitrogen and oxygen atoms in total. The van der Waals surface area contributed by atoms with Gasteiger partial charge in [-0.1, -0.05) is 97.1 Å². The van der Waals surface area contributed by atoms with Gasteiger partial charge in [0.2, 0.25) is 0 Å². The van der Waals surface area contributed by atoms with Crippen LogP contribution in [0.5, 0.6) is 0 Å². The minimum Gasteiger partial charge on any atom is -0.238 e. The summed E-state index contributed by atoms with van der Waals surface area (Å²) in [5.41, 5.74) is -1.28. The molecule has 0 spiro atoms. The van der Waals surface area contributed by atoms with E-state index in [1.165, 1.54) is 36.4 Å². The average Bonchev–Trinajstić information content (AvgIpc) is 3.78. The molecule has 10 heteroatoms. The van der Waals surface area contributed by atoms with Crippen molar-refractivity contribution >= 4 is 39.5 Å². The summed E-state index contributed by atoms with van der Waals surface area (Å²) in [4.78, 5) is 4.35. The van der Waals surface area contributed by atoms with E-state index in [0.717, 1.165) is 22.7 Å². The van der Waals surface area contributed by atoms with Crippen molar-refractivity contribution in [3.05, 3.63) is 149 Å². The van der Waals surface area contributed by atoms with Gasteiger partial charge in [0.15, 0.2) is 5.69 Å². The second-order valence-corrected chi connectivity index (χ2v) is 13.4. The van der Waals surface area contributed by atoms with Crippen LogP contribution >= 0.6 is 22.7 Å². The van der Waals surface area contributed by atoms with Gasteiger partial charge in [0.05, 0.1) is 18.2 Å². The molecule has 2 aromatic heterocycles. The van der Waals surface area contributed by atoms with Crippen LogP contribution < -0.4 is 0 Å². The number of benzene rings is 4. The molecule has 2 heterocycles. The van der Waals surface area contributed by atoms with Crippen LogP contribution in [0.1, 0.15) is 16.7 Å². The zero-order valence-electron chi connectivity index (χ0n) is 25.0. The maximum atomic E-state index is 16.3. The van der Waals surface area contributed by atoms with Gasteiger partial charge in [0.1, 0.15) is 0 Å². The van der Waals surface area contributed by atoms with Gasteiger partial charge < -0.3 is 0 Å². The van der Waals surface area contributed by atoms with E-state index in [0.29, 0.717) is 43.3 Å². The first kappa shape index (κ1) is 32.1. The molecule has 4 aromatic carbocycles. The van der Waals surface area contributed by atoms with Crippen LogP contribution in [0.4, 0.5) is 32.0 Å². The molecule has 0 saturated heterocycles. The monoisotopic (exact) mass is 694 g/mol. The molecular weight excluding hydrogens is 675 g/mol. The Morgan fingerprint density at radius 1 is 0.551 bits per heavy atom. The fraction of sp³-hybridized carbons (Fsp3) is 0.0769. The van der Waals surface area contributed by atoms with Gasteiger partial charge in [-0.2, -0.15) is 31.6 Å². The number of alkyl halides is 6. The molecule has 240 valence electrons. The van der Waals surface area contributed by atoms with E-state index in [1.807, 2.05) is 6.07 Å². The summed E-state index contributed by atoms with van der Waals surface area (Å²) in [5.74, 6) is -16.3. The first-order valence-electron chi connectivity index (χ1n) is 14.7. The lowest BCUT2D eigenvalue weighted by atomic mass is 9.92. The van der Waals surface area contributed by atoms with Gasteiger partial charge in [-0.3, -0.25) is 0 Å². The van der Waals surface area contributed by atoms with Gasteiger partial charge in [-0.05, 0) is 46.5 Å². The molecule has 0 amide bonds. The van der Waals surface area contributed by atoms with E-state index in [2.05, 4.69) is 4.85 Å². The van der Waals surface area contributed by atoms with Crippen molar-refractivity contribution in [3.63, 3.8) is 0 Å². The van der Waals surface area contributed by atoms with Crippen LogP contribution in [0.15, 0.2) is 121 Å². The lowest BCUT2D eigenvalue weighted by molar-refractivity contribution is -0.254. The Kier molecular flexibility index (Phi) is 7.82. The molecule has 0 bridgehead atoms. The highest BCUT2D eigenvalue weighted by Crippen LogP contribution is 2.67. The van der Waals surface area contributed by atoms with Crippen LogP contribution in [0.25, 0.3) is 57.8 Å². The van der Waals surface area contributed by atoms with Crippen LogP contribution in [-0.2, 0) is 0 Å². The van der Waals surface area contributed by atoms with Crippen LogP contribution in [0, 0.1) is 17.9 Å². The maximum absolute atomic E-state index is 16.3. The summed E-state index contributed by atoms with van der Waals surface area (Å²) in [7, 11) is 0. The fourth-order valence-electron chi connectivity index (χ4n) is 5.89. The number of thiophene rings is 2. The average molecular weight is 695 g/mol. The van der Waals surface area contributed by atoms with Gasteiger partial charge in [-0.15, -0.1) is 22.7 Å². The fourth-order valence-corrected chi connectivity index (χ4v) is 8.24. The lowest BCUT2D eigenvalue weighted by Gasteiger charge is -2.26. The molecule has 6 aromatic rings. The van der Waals surface area contributed by atoms with E-state index in [-0.39, 0.29) is 9.75 Å². The number of halogens is 6. The van der Waals surface area contributed by atoms with Crippen molar-refractivity contribution in [2.75, 3.05) is 0 Å². The van der Waals surface area contributed by atoms with Gasteiger partial charge in [-0.25, -0.2) is 4.85 Å². The van der Waals surface area contributed by atoms with E-state index >= 15 is 26.3 Å². The predicted molar refractivity (Wildman–Crippen MR) is 183 cm³/mol. The van der Waals surface area contributed by atoms with Crippen molar-refractivity contribution < 1.29 is 26.3 Å². The molecule has 0 fully saturated rings. The molecular formula is C39H20F6N2S2. The molecule has 0 aliphatic heterocycles. The lowest BCUT2D eigenvalue weighted by Crippen LogP contribution is -2.48. The molecule has 0 saturated carbocycles. The molecule has 1 aliphatic carbocycles. The summed E-state index contributed by atoms with van der Waals surface area (Å²) in [6.07, 6.45) is 0. The predicted octanol–water partition coefficient (Wildman–Crippen LogP) is 12.7. The van der Waals surface area contributed by atoms with E-state index in [4.69, 9.17) is 6.57 Å². The molecule has 7 rings (SSSR count). The molecule has 0 N–H and O–H groups in total. The summed E-state index contributed by atoms with van der Waals surface area (Å²) >= 11 is 2.02. The Balaban J connectivity index is 1.57. The number of hydrogen-bond donors (Lipinski definition) is 0. The van der Waals surface area contributed by atoms with Crippen molar-refractivity contribution in [1.29, 1.82) is 5.26 Å². The smallest absolute Gasteiger partial charge is 0.238 e. The largest absolute Gasteiger partial charge is 0.380 e. The summed E-state index contributed by atoms with van der Waals surface area (Å²) in [6.45, 7) is 7.24. The highest BCUT2D eigenvalue weighted by atomic mass is 32.1. The van der Waals surface area contributed by atoms with Gasteiger partial charge in [0.25, 0.3) is 0 Å². The Morgan fingerprint density at radius 3 is 1.35 bits per heavy atom. The Hall–Kier alpha value is -5.42. The zero-order valence-corrected chi connectivity index (χ0v) is 26.7. The second-order valence-electron chi connectivity index (χ2n) is 11.3. The number of allylic oxidation sites excluding steroid dienone is 2. The SMILES string of the molecule is [C-]#[N+]c1ccc(-c2cc(C3=C(c4cc(-c5ccc(C#N)cc5)sc4-c4ccccc4)C(F)(F)C(F)(F)C3(F)F)c(-c3ccccc3)s2)cc1. The zero-order chi connectivity index (χ0) is 34.6. The maximum Gasteiger partial charge on any atom is 0.380 e. The minimum absolute atomic E-state index is 0.118. The molecule has 0 atom stereocenters. The standard InChI is InChI=1S/C39H20F6N2S2/c1-47-28-18-16-25(17-19-28)32-21-30(36(49-32)27-10-6-3-7-11-27)34-33(37(40,41)39(44,45)38(34,42)43)29-20-31(24-14-12-23(22-46)13-15-24)48-35(29)26-8-4-2-5-9-26/h2-21H. The van der Waals surface area contributed by atoms with E-state index in [1.54, 1.807) is 84.9 Å². The first-order valence-corrected chi connectivity index (χ1v) is 16.4. The van der Waals surface area contributed by atoms with Gasteiger partial charge in [0, 0.05) is 41.8 Å². The third-order valence-corrected chi connectivity index (χ3v) is 10.8. The number of rotatable bonds is 6. The number of nitriles is 1. The summed E-state index contributed by atoms with van der Waals surface area (Å²) < 4.78 is 96.6. The number of nitrogens with zero attached hydrogens (tertiary/aromatic N) is 2. The van der Waals surface area contributed by atoms with E-state index in [9.17, 15) is 5.26 Å². The molecule has 0 radical (unpaired) electrons. The second kappa shape index (κ2) is 11.9. The number of hydrogen-bond acceptors (Lipinski definition) is 3. The van der Waals surface area contributed by atoms with Gasteiger partial charge >= 0.3 is 17.8 Å². The minimum atomic E-state index is -5.76. The third-order valence-electron chi connectivity index (χ3n) is 8.32. The van der Waals surface area contributed by atoms with Crippen LogP contribution in [0.3, 0.4) is 0 Å². The topological polar surface area (TPSA) is 28.1 Å². The normalized spacial score (nSPS) is 15.9. The Labute approximate surface area is 285 Å². The van der Waals surface area contributed by atoms with Crippen LogP contribution in [0.2, 0.25) is 0 Å². The highest BCUT2D eigenvalue weighted by Gasteiger charge is 2.80. The summed E-state index contributed by atoms with van der Waals surface area (Å²) in [6, 6.07) is 33.4. The van der Waals surface area contributed by atoms with Crippen molar-refractivity contribution in [1.82, 2.24) is 0 Å². The van der Waals surface area contributed by atoms with Crippen molar-refractivity contribution in [3.8, 4) is 47.8 Å². The highest BCUT2D eigenvalue weighted by molar-refractivity contribution is 7.19.